The molecule has 1 N–H and O–H groups in total. The maximum absolute atomic E-state index is 12.7. The van der Waals surface area contributed by atoms with E-state index in [-0.39, 0.29) is 29.5 Å². The molecule has 5 nitrogen and oxygen atoms in total. The average Bonchev–Trinajstić information content (AvgIpc) is 3.36. The molecule has 0 unspecified atom stereocenters. The minimum atomic E-state index is -0.215. The van der Waals surface area contributed by atoms with Gasteiger partial charge in [0.15, 0.2) is 19.3 Å². The van der Waals surface area contributed by atoms with Crippen LogP contribution in [0.25, 0.3) is 0 Å². The number of anilines is 1. The summed E-state index contributed by atoms with van der Waals surface area (Å²) in [7, 11) is 0. The molecule has 1 heterocycles. The molecule has 41 heavy (non-hydrogen) atoms. The molecule has 0 radical (unpaired) electrons. The zero-order valence-electron chi connectivity index (χ0n) is 24.6. The van der Waals surface area contributed by atoms with Crippen LogP contribution in [0.2, 0.25) is 5.02 Å². The van der Waals surface area contributed by atoms with Crippen LogP contribution in [0.5, 0.6) is 11.5 Å². The van der Waals surface area contributed by atoms with E-state index in [1.165, 1.54) is 69.1 Å². The molecule has 0 aliphatic carbocycles. The van der Waals surface area contributed by atoms with Crippen LogP contribution in [0.4, 0.5) is 5.69 Å². The first-order valence-electron chi connectivity index (χ1n) is 14.9. The second-order valence-corrected chi connectivity index (χ2v) is 12.0. The Labute approximate surface area is 266 Å². The van der Waals surface area contributed by atoms with Crippen molar-refractivity contribution in [2.24, 2.45) is 0 Å². The standard InChI is InChI=1S/C33H45ClN2O3S.BrH/c1-3-4-5-6-7-8-9-10-11-12-13-16-21-38-32-22-29(19-20-30(32)34)39-25-33(37)35-31-18-15-14-17-28(31)24-36-23-27(2)40-26-36;/h14-15,17-20,22-23,26H,3-13,16,21,24-25H2,1-2H3;1H. The second-order valence-electron chi connectivity index (χ2n) is 10.5. The molecule has 0 aliphatic rings. The number of carbonyl (C=O) groups excluding carboxylic acids is 1. The van der Waals surface area contributed by atoms with E-state index in [4.69, 9.17) is 21.1 Å². The minimum absolute atomic E-state index is 0. The lowest BCUT2D eigenvalue weighted by Gasteiger charge is -2.12. The van der Waals surface area contributed by atoms with Gasteiger partial charge < -0.3 is 31.8 Å². The maximum Gasteiger partial charge on any atom is 0.262 e. The summed E-state index contributed by atoms with van der Waals surface area (Å²) >= 11 is 8.04. The third-order valence-electron chi connectivity index (χ3n) is 6.89. The van der Waals surface area contributed by atoms with E-state index in [0.717, 1.165) is 24.1 Å². The maximum atomic E-state index is 12.7. The Morgan fingerprint density at radius 3 is 2.22 bits per heavy atom. The van der Waals surface area contributed by atoms with Crippen LogP contribution >= 0.6 is 22.9 Å². The number of hydrogen-bond donors (Lipinski definition) is 1. The molecule has 0 atom stereocenters. The highest BCUT2D eigenvalue weighted by atomic mass is 79.9. The molecule has 0 aliphatic heterocycles. The van der Waals surface area contributed by atoms with Crippen LogP contribution < -0.4 is 36.3 Å². The Bertz CT molecular complexity index is 1160. The lowest BCUT2D eigenvalue weighted by Crippen LogP contribution is -3.00. The first-order valence-corrected chi connectivity index (χ1v) is 16.2. The van der Waals surface area contributed by atoms with Crippen LogP contribution in [0.3, 0.4) is 0 Å². The lowest BCUT2D eigenvalue weighted by molar-refractivity contribution is -0.683. The number of hydrogen-bond acceptors (Lipinski definition) is 4. The van der Waals surface area contributed by atoms with Gasteiger partial charge in [-0.3, -0.25) is 4.79 Å². The molecule has 0 bridgehead atoms. The molecule has 1 aromatic heterocycles. The van der Waals surface area contributed by atoms with Crippen molar-refractivity contribution in [2.75, 3.05) is 18.5 Å². The molecule has 3 rings (SSSR count). The van der Waals surface area contributed by atoms with Gasteiger partial charge in [-0.1, -0.05) is 119 Å². The number of nitrogens with zero attached hydrogens (tertiary/aromatic N) is 1. The number of benzene rings is 2. The molecule has 1 amide bonds. The van der Waals surface area contributed by atoms with Crippen molar-refractivity contribution in [3.63, 3.8) is 0 Å². The van der Waals surface area contributed by atoms with Gasteiger partial charge in [-0.05, 0) is 31.5 Å². The van der Waals surface area contributed by atoms with E-state index < -0.39 is 0 Å². The summed E-state index contributed by atoms with van der Waals surface area (Å²) < 4.78 is 13.8. The number of thiazole rings is 1. The van der Waals surface area contributed by atoms with Crippen molar-refractivity contribution >= 4 is 34.5 Å². The number of ether oxygens (including phenoxy) is 2. The van der Waals surface area contributed by atoms with Gasteiger partial charge >= 0.3 is 0 Å². The first kappa shape index (κ1) is 35.1. The normalized spacial score (nSPS) is 10.7. The van der Waals surface area contributed by atoms with Gasteiger partial charge in [0.25, 0.3) is 5.91 Å². The number of carbonyl (C=O) groups is 1. The average molecular weight is 666 g/mol. The summed E-state index contributed by atoms with van der Waals surface area (Å²) in [5, 5.41) is 3.53. The topological polar surface area (TPSA) is 51.4 Å². The van der Waals surface area contributed by atoms with E-state index in [1.807, 2.05) is 24.3 Å². The molecule has 3 aromatic rings. The number of nitrogens with one attached hydrogen (secondary N) is 1. The summed E-state index contributed by atoms with van der Waals surface area (Å²) in [4.78, 5) is 13.9. The van der Waals surface area contributed by atoms with Crippen LogP contribution in [-0.4, -0.2) is 19.1 Å². The predicted molar refractivity (Wildman–Crippen MR) is 167 cm³/mol. The fourth-order valence-electron chi connectivity index (χ4n) is 4.65. The van der Waals surface area contributed by atoms with E-state index in [0.29, 0.717) is 29.7 Å². The van der Waals surface area contributed by atoms with Crippen LogP contribution in [0, 0.1) is 6.92 Å². The van der Waals surface area contributed by atoms with E-state index in [9.17, 15) is 4.79 Å². The summed E-state index contributed by atoms with van der Waals surface area (Å²) in [6.45, 7) is 5.57. The fraction of sp³-hybridized carbons (Fsp3) is 0.515. The molecular weight excluding hydrogens is 620 g/mol. The minimum Gasteiger partial charge on any atom is -1.00 e. The number of aryl methyl sites for hydroxylation is 1. The number of halogens is 2. The van der Waals surface area contributed by atoms with Gasteiger partial charge in [-0.2, -0.15) is 4.57 Å². The third kappa shape index (κ3) is 14.1. The quantitative estimate of drug-likeness (QED) is 0.116. The zero-order valence-corrected chi connectivity index (χ0v) is 27.8. The highest BCUT2D eigenvalue weighted by molar-refractivity contribution is 7.09. The van der Waals surface area contributed by atoms with Crippen molar-refractivity contribution in [3.05, 3.63) is 69.6 Å². The Morgan fingerprint density at radius 2 is 1.56 bits per heavy atom. The highest BCUT2D eigenvalue weighted by Crippen LogP contribution is 2.29. The Balaban J connectivity index is 0.00000588. The lowest BCUT2D eigenvalue weighted by atomic mass is 10.1. The summed E-state index contributed by atoms with van der Waals surface area (Å²) in [6, 6.07) is 13.1. The number of aromatic nitrogens is 1. The fourth-order valence-corrected chi connectivity index (χ4v) is 5.45. The van der Waals surface area contributed by atoms with Crippen molar-refractivity contribution < 1.29 is 35.8 Å². The predicted octanol–water partition coefficient (Wildman–Crippen LogP) is 6.15. The summed E-state index contributed by atoms with van der Waals surface area (Å²) in [5.74, 6) is 0.936. The summed E-state index contributed by atoms with van der Waals surface area (Å²) in [6.07, 6.45) is 17.8. The number of amides is 1. The first-order chi connectivity index (χ1) is 19.5. The number of unbranched alkanes of at least 4 members (excludes halogenated alkanes) is 11. The van der Waals surface area contributed by atoms with Crippen molar-refractivity contribution in [2.45, 2.75) is 97.4 Å². The molecule has 0 spiro atoms. The Kier molecular flexibility index (Phi) is 17.8. The largest absolute Gasteiger partial charge is 1.00 e. The zero-order chi connectivity index (χ0) is 28.4. The van der Waals surface area contributed by atoms with Gasteiger partial charge in [0.05, 0.1) is 22.2 Å². The molecule has 0 saturated carbocycles. The van der Waals surface area contributed by atoms with Crippen molar-refractivity contribution in [1.29, 1.82) is 0 Å². The van der Waals surface area contributed by atoms with E-state index >= 15 is 0 Å². The second kappa shape index (κ2) is 20.7. The van der Waals surface area contributed by atoms with Crippen LogP contribution in [0.15, 0.2) is 54.2 Å². The van der Waals surface area contributed by atoms with Gasteiger partial charge in [-0.15, -0.1) is 0 Å². The number of para-hydroxylation sites is 1. The molecular formula is C33H46BrClN2O3S. The van der Waals surface area contributed by atoms with Crippen LogP contribution in [0.1, 0.15) is 94.4 Å². The van der Waals surface area contributed by atoms with Crippen LogP contribution in [-0.2, 0) is 11.3 Å². The SMILES string of the molecule is CCCCCCCCCCCCCCOc1cc(OCC(=O)Nc2ccccc2C[n+]2csc(C)c2)ccc1Cl.[Br-]. The number of rotatable bonds is 20. The molecule has 2 aromatic carbocycles. The monoisotopic (exact) mass is 664 g/mol. The third-order valence-corrected chi connectivity index (χ3v) is 8.06. The Hall–Kier alpha value is -2.09. The summed E-state index contributed by atoms with van der Waals surface area (Å²) in [5.41, 5.74) is 3.91. The molecule has 8 heteroatoms. The van der Waals surface area contributed by atoms with Crippen molar-refractivity contribution in [3.8, 4) is 11.5 Å². The molecule has 0 saturated heterocycles. The molecule has 0 fully saturated rings. The van der Waals surface area contributed by atoms with Gasteiger partial charge in [-0.25, -0.2) is 0 Å². The Morgan fingerprint density at radius 1 is 0.902 bits per heavy atom. The smallest absolute Gasteiger partial charge is 0.262 e. The van der Waals surface area contributed by atoms with Gasteiger partial charge in [0.2, 0.25) is 5.51 Å². The van der Waals surface area contributed by atoms with Crippen molar-refractivity contribution in [1.82, 2.24) is 0 Å². The molecule has 226 valence electrons. The highest BCUT2D eigenvalue weighted by Gasteiger charge is 2.13. The van der Waals surface area contributed by atoms with E-state index in [1.54, 1.807) is 29.5 Å². The van der Waals surface area contributed by atoms with E-state index in [2.05, 4.69) is 35.4 Å². The van der Waals surface area contributed by atoms with Gasteiger partial charge in [0.1, 0.15) is 11.5 Å². The van der Waals surface area contributed by atoms with Gasteiger partial charge in [0, 0.05) is 11.6 Å².